The average molecular weight is 456 g/mol. The number of nitrogens with one attached hydrogen (secondary N) is 1. The third-order valence-corrected chi connectivity index (χ3v) is 7.79. The van der Waals surface area contributed by atoms with Gasteiger partial charge < -0.3 is 15.0 Å². The molecular formula is C24H33N5O2S. The molecule has 2 aromatic rings. The van der Waals surface area contributed by atoms with Crippen molar-refractivity contribution in [3.05, 3.63) is 29.8 Å². The minimum absolute atomic E-state index is 0.0569. The number of amides is 1. The van der Waals surface area contributed by atoms with Gasteiger partial charge in [0.15, 0.2) is 5.16 Å². The molecule has 2 heterocycles. The van der Waals surface area contributed by atoms with E-state index in [2.05, 4.69) is 44.0 Å². The van der Waals surface area contributed by atoms with E-state index in [-0.39, 0.29) is 11.9 Å². The van der Waals surface area contributed by atoms with E-state index >= 15 is 0 Å². The zero-order chi connectivity index (χ0) is 22.1. The fourth-order valence-electron chi connectivity index (χ4n) is 4.50. The molecule has 2 saturated carbocycles. The minimum Gasteiger partial charge on any atom is -0.497 e. The Balaban J connectivity index is 1.22. The number of aromatic nitrogens is 3. The van der Waals surface area contributed by atoms with Gasteiger partial charge in [0.05, 0.1) is 18.9 Å². The van der Waals surface area contributed by atoms with Crippen LogP contribution in [-0.2, 0) is 4.79 Å². The second kappa shape index (κ2) is 9.33. The molecule has 1 aliphatic heterocycles. The summed E-state index contributed by atoms with van der Waals surface area (Å²) in [6.07, 6.45) is 7.09. The highest BCUT2D eigenvalue weighted by atomic mass is 32.2. The van der Waals surface area contributed by atoms with Gasteiger partial charge in [0, 0.05) is 19.1 Å². The van der Waals surface area contributed by atoms with Crippen LogP contribution in [0.2, 0.25) is 0 Å². The number of hydrogen-bond acceptors (Lipinski definition) is 6. The molecule has 1 aromatic heterocycles. The number of carbonyl (C=O) groups excluding carboxylic acids is 1. The molecule has 5 rings (SSSR count). The zero-order valence-corrected chi connectivity index (χ0v) is 19.8. The van der Waals surface area contributed by atoms with Gasteiger partial charge >= 0.3 is 0 Å². The molecule has 1 unspecified atom stereocenters. The maximum atomic E-state index is 12.9. The first kappa shape index (κ1) is 21.6. The first-order valence-electron chi connectivity index (χ1n) is 11.9. The maximum Gasteiger partial charge on any atom is 0.230 e. The minimum atomic E-state index is 0.0569. The predicted octanol–water partition coefficient (Wildman–Crippen LogP) is 4.22. The summed E-state index contributed by atoms with van der Waals surface area (Å²) in [6.45, 7) is 4.41. The third kappa shape index (κ3) is 4.90. The summed E-state index contributed by atoms with van der Waals surface area (Å²) in [4.78, 5) is 15.2. The van der Waals surface area contributed by atoms with Crippen LogP contribution in [0.4, 0.5) is 5.95 Å². The standard InChI is InChI=1S/C24H33N5O2S/c1-16-11-13-28(14-12-16)23-26-27-24(29(23)19-7-8-19)32-15-21(30)25-22(17-3-4-17)18-5-9-20(31-2)10-6-18/h5-6,9-10,16-17,19,22H,3-4,7-8,11-15H2,1-2H3,(H,25,30). The topological polar surface area (TPSA) is 72.3 Å². The fraction of sp³-hybridized carbons (Fsp3) is 0.625. The molecule has 2 aliphatic carbocycles. The first-order chi connectivity index (χ1) is 15.6. The lowest BCUT2D eigenvalue weighted by Gasteiger charge is -2.31. The molecule has 0 spiro atoms. The number of anilines is 1. The summed E-state index contributed by atoms with van der Waals surface area (Å²) < 4.78 is 7.56. The molecular weight excluding hydrogens is 422 g/mol. The number of thioether (sulfide) groups is 1. The number of ether oxygens (including phenoxy) is 1. The van der Waals surface area contributed by atoms with Gasteiger partial charge in [-0.05, 0) is 68.1 Å². The summed E-state index contributed by atoms with van der Waals surface area (Å²) >= 11 is 1.51. The number of nitrogens with zero attached hydrogens (tertiary/aromatic N) is 4. The van der Waals surface area contributed by atoms with Crippen molar-refractivity contribution < 1.29 is 9.53 Å². The summed E-state index contributed by atoms with van der Waals surface area (Å²) in [7, 11) is 1.67. The lowest BCUT2D eigenvalue weighted by molar-refractivity contribution is -0.119. The van der Waals surface area contributed by atoms with Crippen LogP contribution >= 0.6 is 11.8 Å². The lowest BCUT2D eigenvalue weighted by atomic mass is 10.00. The highest BCUT2D eigenvalue weighted by Gasteiger charge is 2.35. The smallest absolute Gasteiger partial charge is 0.230 e. The summed E-state index contributed by atoms with van der Waals surface area (Å²) in [5, 5.41) is 13.2. The van der Waals surface area contributed by atoms with E-state index in [1.165, 1.54) is 37.4 Å². The van der Waals surface area contributed by atoms with Gasteiger partial charge in [0.25, 0.3) is 0 Å². The van der Waals surface area contributed by atoms with Crippen molar-refractivity contribution in [1.29, 1.82) is 0 Å². The highest BCUT2D eigenvalue weighted by molar-refractivity contribution is 7.99. The number of piperidine rings is 1. The van der Waals surface area contributed by atoms with E-state index in [1.807, 2.05) is 12.1 Å². The number of methoxy groups -OCH3 is 1. The lowest BCUT2D eigenvalue weighted by Crippen LogP contribution is -2.34. The van der Waals surface area contributed by atoms with E-state index < -0.39 is 0 Å². The Labute approximate surface area is 194 Å². The quantitative estimate of drug-likeness (QED) is 0.571. The molecule has 172 valence electrons. The number of rotatable bonds is 9. The molecule has 0 radical (unpaired) electrons. The molecule has 0 bridgehead atoms. The largest absolute Gasteiger partial charge is 0.497 e. The highest BCUT2D eigenvalue weighted by Crippen LogP contribution is 2.43. The van der Waals surface area contributed by atoms with Crippen LogP contribution in [-0.4, -0.2) is 46.6 Å². The van der Waals surface area contributed by atoms with Gasteiger partial charge in [-0.15, -0.1) is 10.2 Å². The van der Waals surface area contributed by atoms with Gasteiger partial charge in [-0.3, -0.25) is 9.36 Å². The predicted molar refractivity (Wildman–Crippen MR) is 126 cm³/mol. The van der Waals surface area contributed by atoms with Gasteiger partial charge in [-0.2, -0.15) is 0 Å². The van der Waals surface area contributed by atoms with Crippen molar-refractivity contribution in [2.45, 2.75) is 62.7 Å². The molecule has 3 aliphatic rings. The Morgan fingerprint density at radius 3 is 2.47 bits per heavy atom. The Kier molecular flexibility index (Phi) is 6.31. The summed E-state index contributed by atoms with van der Waals surface area (Å²) in [5.41, 5.74) is 1.15. The molecule has 3 fully saturated rings. The SMILES string of the molecule is COc1ccc(C(NC(=O)CSc2nnc(N3CCC(C)CC3)n2C2CC2)C2CC2)cc1. The number of benzene rings is 1. The Morgan fingerprint density at radius 2 is 1.84 bits per heavy atom. The summed E-state index contributed by atoms with van der Waals surface area (Å²) in [6, 6.07) is 8.61. The van der Waals surface area contributed by atoms with E-state index in [0.717, 1.165) is 54.3 Å². The Bertz CT molecular complexity index is 930. The van der Waals surface area contributed by atoms with Crippen LogP contribution in [0.5, 0.6) is 5.75 Å². The van der Waals surface area contributed by atoms with E-state index in [1.54, 1.807) is 7.11 Å². The third-order valence-electron chi connectivity index (χ3n) is 6.84. The molecule has 1 atom stereocenters. The zero-order valence-electron chi connectivity index (χ0n) is 19.0. The van der Waals surface area contributed by atoms with E-state index in [9.17, 15) is 4.79 Å². The fourth-order valence-corrected chi connectivity index (χ4v) is 5.32. The second-order valence-electron chi connectivity index (χ2n) is 9.50. The van der Waals surface area contributed by atoms with Crippen LogP contribution in [0.25, 0.3) is 0 Å². The van der Waals surface area contributed by atoms with Gasteiger partial charge in [0.2, 0.25) is 11.9 Å². The normalized spacial score (nSPS) is 20.2. The van der Waals surface area contributed by atoms with Crippen LogP contribution < -0.4 is 15.0 Å². The molecule has 1 amide bonds. The van der Waals surface area contributed by atoms with Crippen molar-refractivity contribution in [2.24, 2.45) is 11.8 Å². The number of hydrogen-bond donors (Lipinski definition) is 1. The number of carbonyl (C=O) groups is 1. The van der Waals surface area contributed by atoms with Crippen LogP contribution in [0.1, 0.15) is 63.1 Å². The molecule has 1 saturated heterocycles. The Hall–Kier alpha value is -2.22. The first-order valence-corrected chi connectivity index (χ1v) is 12.9. The van der Waals surface area contributed by atoms with Crippen molar-refractivity contribution in [3.8, 4) is 5.75 Å². The average Bonchev–Trinajstić information content (AvgIpc) is 3.75. The van der Waals surface area contributed by atoms with Crippen LogP contribution in [0.3, 0.4) is 0 Å². The van der Waals surface area contributed by atoms with Crippen LogP contribution in [0.15, 0.2) is 29.4 Å². The molecule has 1 aromatic carbocycles. The van der Waals surface area contributed by atoms with Crippen molar-refractivity contribution in [1.82, 2.24) is 20.1 Å². The molecule has 7 nitrogen and oxygen atoms in total. The van der Waals surface area contributed by atoms with Crippen LogP contribution in [0, 0.1) is 11.8 Å². The van der Waals surface area contributed by atoms with E-state index in [4.69, 9.17) is 4.74 Å². The molecule has 8 heteroatoms. The van der Waals surface area contributed by atoms with Gasteiger partial charge in [-0.1, -0.05) is 30.8 Å². The Morgan fingerprint density at radius 1 is 1.12 bits per heavy atom. The van der Waals surface area contributed by atoms with Crippen molar-refractivity contribution in [2.75, 3.05) is 30.9 Å². The second-order valence-corrected chi connectivity index (χ2v) is 10.4. The molecule has 32 heavy (non-hydrogen) atoms. The monoisotopic (exact) mass is 455 g/mol. The van der Waals surface area contributed by atoms with Gasteiger partial charge in [-0.25, -0.2) is 0 Å². The van der Waals surface area contributed by atoms with Gasteiger partial charge in [0.1, 0.15) is 5.75 Å². The maximum absolute atomic E-state index is 12.9. The summed E-state index contributed by atoms with van der Waals surface area (Å²) in [5.74, 6) is 3.56. The van der Waals surface area contributed by atoms with Crippen molar-refractivity contribution in [3.63, 3.8) is 0 Å². The van der Waals surface area contributed by atoms with Crippen molar-refractivity contribution >= 4 is 23.6 Å². The molecule has 1 N–H and O–H groups in total. The van der Waals surface area contributed by atoms with E-state index in [0.29, 0.717) is 17.7 Å².